The van der Waals surface area contributed by atoms with Gasteiger partial charge in [-0.2, -0.15) is 0 Å². The monoisotopic (exact) mass is 817 g/mol. The largest absolute Gasteiger partial charge is 0.285 e. The summed E-state index contributed by atoms with van der Waals surface area (Å²) in [5.41, 5.74) is 7.78. The van der Waals surface area contributed by atoms with Crippen molar-refractivity contribution in [3.05, 3.63) is 174 Å². The second kappa shape index (κ2) is 16.2. The van der Waals surface area contributed by atoms with Crippen molar-refractivity contribution in [2.75, 3.05) is 32.4 Å². The molecule has 2 saturated heterocycles. The molecule has 0 bridgehead atoms. The van der Waals surface area contributed by atoms with Crippen molar-refractivity contribution >= 4 is 68.2 Å². The fourth-order valence-corrected chi connectivity index (χ4v) is 9.54. The van der Waals surface area contributed by atoms with Crippen molar-refractivity contribution in [2.45, 2.75) is 35.6 Å². The van der Waals surface area contributed by atoms with Gasteiger partial charge in [0.1, 0.15) is 0 Å². The normalized spacial score (nSPS) is 15.6. The molecule has 1 N–H and O–H groups in total. The van der Waals surface area contributed by atoms with Crippen LogP contribution in [0.25, 0.3) is 6.08 Å². The molecule has 0 spiro atoms. The summed E-state index contributed by atoms with van der Waals surface area (Å²) in [4.78, 5) is 16.0. The third-order valence-corrected chi connectivity index (χ3v) is 12.5. The zero-order valence-electron chi connectivity index (χ0n) is 29.6. The highest BCUT2D eigenvalue weighted by Gasteiger charge is 2.51. The average molecular weight is 820 g/mol. The van der Waals surface area contributed by atoms with Gasteiger partial charge in [0, 0.05) is 58.4 Å². The van der Waals surface area contributed by atoms with Crippen LogP contribution in [0.2, 0.25) is 20.1 Å². The molecule has 6 nitrogen and oxygen atoms in total. The summed E-state index contributed by atoms with van der Waals surface area (Å²) >= 11 is 25.9. The van der Waals surface area contributed by atoms with Crippen LogP contribution >= 0.6 is 46.4 Å². The van der Waals surface area contributed by atoms with E-state index in [1.54, 1.807) is 18.2 Å². The van der Waals surface area contributed by atoms with Gasteiger partial charge >= 0.3 is 0 Å². The lowest BCUT2D eigenvalue weighted by Crippen LogP contribution is -2.58. The standard InChI is InChI=1S/C43H39Cl4N3O3S/c1-54(52,53)41-32(6-5-7-39(41)42(51)48-50-24-3-2-4-25-50)26-29-27-49(28-29)43(33-12-20-37(46)21-13-33,34-14-22-38(47)23-15-34)40(30-8-16-35(44)17-9-30)31-10-18-36(45)19-11-31/h5-23,26,40H,2-4,24-25,27-28H2,1H3,(H,48,51). The summed E-state index contributed by atoms with van der Waals surface area (Å²) in [6.07, 6.45) is 6.14. The number of benzene rings is 5. The van der Waals surface area contributed by atoms with Crippen LogP contribution in [0, 0.1) is 0 Å². The van der Waals surface area contributed by atoms with Gasteiger partial charge in [-0.1, -0.05) is 120 Å². The van der Waals surface area contributed by atoms with E-state index < -0.39 is 21.3 Å². The highest BCUT2D eigenvalue weighted by molar-refractivity contribution is 7.90. The first-order valence-corrected chi connectivity index (χ1v) is 21.2. The zero-order chi connectivity index (χ0) is 38.0. The second-order valence-corrected chi connectivity index (χ2v) is 17.7. The molecule has 7 rings (SSSR count). The SMILES string of the molecule is CS(=O)(=O)c1c(C=C2CN(C(c3ccc(Cl)cc3)(c3ccc(Cl)cc3)C(c3ccc(Cl)cc3)c3ccc(Cl)cc3)C2)cccc1C(=O)NN1CCCCC1. The molecule has 5 aromatic carbocycles. The molecule has 0 unspecified atom stereocenters. The quantitative estimate of drug-likeness (QED) is 0.152. The average Bonchev–Trinajstić information content (AvgIpc) is 3.14. The molecule has 0 atom stereocenters. The Morgan fingerprint density at radius 2 is 1.15 bits per heavy atom. The number of hydrazine groups is 1. The molecule has 2 heterocycles. The van der Waals surface area contributed by atoms with Crippen LogP contribution in [-0.2, 0) is 15.4 Å². The van der Waals surface area contributed by atoms with Crippen molar-refractivity contribution in [1.29, 1.82) is 0 Å². The van der Waals surface area contributed by atoms with E-state index in [1.165, 1.54) is 0 Å². The van der Waals surface area contributed by atoms with Gasteiger partial charge < -0.3 is 0 Å². The number of piperidine rings is 1. The molecule has 0 radical (unpaired) electrons. The summed E-state index contributed by atoms with van der Waals surface area (Å²) in [6, 6.07) is 36.7. The lowest BCUT2D eigenvalue weighted by molar-refractivity contribution is 0.0746. The number of amides is 1. The number of likely N-dealkylation sites (tertiary alicyclic amines) is 1. The van der Waals surface area contributed by atoms with Gasteiger partial charge in [-0.25, -0.2) is 13.4 Å². The Hall–Kier alpha value is -3.66. The molecular formula is C43H39Cl4N3O3S. The number of nitrogens with one attached hydrogen (secondary N) is 1. The predicted octanol–water partition coefficient (Wildman–Crippen LogP) is 10.3. The van der Waals surface area contributed by atoms with Gasteiger partial charge in [0.25, 0.3) is 5.91 Å². The molecule has 2 fully saturated rings. The molecule has 11 heteroatoms. The van der Waals surface area contributed by atoms with Crippen LogP contribution in [0.3, 0.4) is 0 Å². The van der Waals surface area contributed by atoms with Crippen molar-refractivity contribution < 1.29 is 13.2 Å². The van der Waals surface area contributed by atoms with Crippen molar-refractivity contribution in [3.8, 4) is 0 Å². The Bertz CT molecular complexity index is 2170. The number of halogens is 4. The zero-order valence-corrected chi connectivity index (χ0v) is 33.5. The van der Waals surface area contributed by atoms with Gasteiger partial charge in [0.2, 0.25) is 0 Å². The Kier molecular flexibility index (Phi) is 11.6. The molecule has 2 aliphatic rings. The van der Waals surface area contributed by atoms with Gasteiger partial charge in [0.15, 0.2) is 9.84 Å². The smallest absolute Gasteiger partial charge is 0.266 e. The first kappa shape index (κ1) is 38.6. The van der Waals surface area contributed by atoms with E-state index in [2.05, 4.69) is 58.9 Å². The van der Waals surface area contributed by atoms with E-state index in [0.717, 1.165) is 66.4 Å². The molecule has 0 aromatic heterocycles. The fourth-order valence-electron chi connectivity index (χ4n) is 7.92. The summed E-state index contributed by atoms with van der Waals surface area (Å²) < 4.78 is 26.8. The topological polar surface area (TPSA) is 69.7 Å². The highest BCUT2D eigenvalue weighted by atomic mass is 35.5. The van der Waals surface area contributed by atoms with E-state index in [0.29, 0.717) is 38.7 Å². The van der Waals surface area contributed by atoms with Crippen molar-refractivity contribution in [3.63, 3.8) is 0 Å². The number of rotatable bonds is 10. The summed E-state index contributed by atoms with van der Waals surface area (Å²) in [5, 5.41) is 4.34. The maximum absolute atomic E-state index is 13.6. The maximum atomic E-state index is 13.6. The number of sulfone groups is 1. The molecule has 5 aromatic rings. The summed E-state index contributed by atoms with van der Waals surface area (Å²) in [6.45, 7) is 2.46. The third-order valence-electron chi connectivity index (χ3n) is 10.3. The number of hydrogen-bond acceptors (Lipinski definition) is 5. The van der Waals surface area contributed by atoms with E-state index in [1.807, 2.05) is 59.6 Å². The van der Waals surface area contributed by atoms with Crippen LogP contribution in [0.1, 0.15) is 63.4 Å². The predicted molar refractivity (Wildman–Crippen MR) is 220 cm³/mol. The van der Waals surface area contributed by atoms with E-state index in [4.69, 9.17) is 46.4 Å². The van der Waals surface area contributed by atoms with Crippen LogP contribution in [-0.4, -0.2) is 56.7 Å². The molecule has 1 amide bonds. The lowest BCUT2D eigenvalue weighted by atomic mass is 9.65. The Morgan fingerprint density at radius 1 is 0.685 bits per heavy atom. The van der Waals surface area contributed by atoms with E-state index >= 15 is 0 Å². The minimum absolute atomic E-state index is 0.0207. The number of hydrogen-bond donors (Lipinski definition) is 1. The third kappa shape index (κ3) is 8.00. The lowest BCUT2D eigenvalue weighted by Gasteiger charge is -2.55. The molecule has 278 valence electrons. The van der Waals surface area contributed by atoms with Crippen LogP contribution < -0.4 is 5.43 Å². The van der Waals surface area contributed by atoms with E-state index in [9.17, 15) is 13.2 Å². The Morgan fingerprint density at radius 3 is 1.61 bits per heavy atom. The summed E-state index contributed by atoms with van der Waals surface area (Å²) in [7, 11) is -3.79. The first-order chi connectivity index (χ1) is 25.9. The number of nitrogens with zero attached hydrogens (tertiary/aromatic N) is 2. The maximum Gasteiger partial charge on any atom is 0.266 e. The fraction of sp³-hybridized carbons (Fsp3) is 0.233. The van der Waals surface area contributed by atoms with Crippen LogP contribution in [0.5, 0.6) is 0 Å². The summed E-state index contributed by atoms with van der Waals surface area (Å²) in [5.74, 6) is -0.713. The van der Waals surface area contributed by atoms with E-state index in [-0.39, 0.29) is 16.4 Å². The number of carbonyl (C=O) groups excluding carboxylic acids is 1. The highest BCUT2D eigenvalue weighted by Crippen LogP contribution is 2.53. The van der Waals surface area contributed by atoms with Crippen molar-refractivity contribution in [2.24, 2.45) is 0 Å². The van der Waals surface area contributed by atoms with Crippen LogP contribution in [0.4, 0.5) is 0 Å². The molecular weight excluding hydrogens is 780 g/mol. The molecule has 0 aliphatic carbocycles. The van der Waals surface area contributed by atoms with Gasteiger partial charge in [-0.15, -0.1) is 0 Å². The van der Waals surface area contributed by atoms with Gasteiger partial charge in [-0.05, 0) is 101 Å². The van der Waals surface area contributed by atoms with Crippen molar-refractivity contribution in [1.82, 2.24) is 15.3 Å². The minimum atomic E-state index is -3.79. The minimum Gasteiger partial charge on any atom is -0.285 e. The van der Waals surface area contributed by atoms with Crippen LogP contribution in [0.15, 0.2) is 126 Å². The first-order valence-electron chi connectivity index (χ1n) is 17.8. The van der Waals surface area contributed by atoms with Gasteiger partial charge in [-0.3, -0.25) is 15.1 Å². The Balaban J connectivity index is 1.37. The van der Waals surface area contributed by atoms with Gasteiger partial charge in [0.05, 0.1) is 16.0 Å². The Labute approximate surface area is 337 Å². The molecule has 0 saturated carbocycles. The molecule has 54 heavy (non-hydrogen) atoms. The molecule has 2 aliphatic heterocycles. The second-order valence-electron chi connectivity index (χ2n) is 14.0. The number of carbonyl (C=O) groups is 1.